The summed E-state index contributed by atoms with van der Waals surface area (Å²) in [4.78, 5) is 15.1. The van der Waals surface area contributed by atoms with Crippen LogP contribution in [0.5, 0.6) is 0 Å². The van der Waals surface area contributed by atoms with E-state index in [1.54, 1.807) is 36.4 Å². The first-order valence-electron chi connectivity index (χ1n) is 5.94. The van der Waals surface area contributed by atoms with Gasteiger partial charge in [-0.25, -0.2) is 4.79 Å². The number of nitriles is 3. The van der Waals surface area contributed by atoms with E-state index >= 15 is 0 Å². The number of aromatic carboxylic acids is 1. The van der Waals surface area contributed by atoms with E-state index in [0.29, 0.717) is 16.6 Å². The molecule has 0 aliphatic heterocycles. The standard InChI is InChI=1S/C15H7N5O2/c16-5-10(6-17)14(7-18)20-13-3-1-2-12-11(13)4-9(8-19-12)15(21)22/h1-4,8,20H,(H,21,22). The maximum absolute atomic E-state index is 11.0. The predicted molar refractivity (Wildman–Crippen MR) is 76.2 cm³/mol. The Balaban J connectivity index is 2.62. The molecule has 104 valence electrons. The number of nitrogens with zero attached hydrogens (tertiary/aromatic N) is 4. The van der Waals surface area contributed by atoms with Gasteiger partial charge in [-0.3, -0.25) is 4.98 Å². The smallest absolute Gasteiger partial charge is 0.337 e. The van der Waals surface area contributed by atoms with E-state index in [9.17, 15) is 4.79 Å². The maximum atomic E-state index is 11.0. The molecule has 1 aromatic carbocycles. The van der Waals surface area contributed by atoms with E-state index in [0.717, 1.165) is 0 Å². The molecule has 0 radical (unpaired) electrons. The van der Waals surface area contributed by atoms with Gasteiger partial charge in [0.05, 0.1) is 11.1 Å². The van der Waals surface area contributed by atoms with Gasteiger partial charge in [0.1, 0.15) is 23.9 Å². The van der Waals surface area contributed by atoms with Gasteiger partial charge in [0, 0.05) is 17.3 Å². The van der Waals surface area contributed by atoms with Crippen LogP contribution in [0.15, 0.2) is 41.7 Å². The monoisotopic (exact) mass is 289 g/mol. The Kier molecular flexibility index (Phi) is 3.99. The number of carboxylic acid groups (broad SMARTS) is 1. The number of allylic oxidation sites excluding steroid dienone is 2. The molecule has 2 N–H and O–H groups in total. The number of hydrogen-bond acceptors (Lipinski definition) is 6. The van der Waals surface area contributed by atoms with Crippen LogP contribution >= 0.6 is 0 Å². The Morgan fingerprint density at radius 2 is 1.91 bits per heavy atom. The third-order valence-electron chi connectivity index (χ3n) is 2.82. The fraction of sp³-hybridized carbons (Fsp3) is 0. The Morgan fingerprint density at radius 3 is 2.50 bits per heavy atom. The predicted octanol–water partition coefficient (Wildman–Crippen LogP) is 2.17. The largest absolute Gasteiger partial charge is 0.478 e. The molecule has 0 amide bonds. The fourth-order valence-electron chi connectivity index (χ4n) is 1.79. The summed E-state index contributed by atoms with van der Waals surface area (Å²) in [5.41, 5.74) is 0.320. The van der Waals surface area contributed by atoms with E-state index in [2.05, 4.69) is 10.3 Å². The number of nitrogens with one attached hydrogen (secondary N) is 1. The quantitative estimate of drug-likeness (QED) is 0.827. The van der Waals surface area contributed by atoms with E-state index in [1.165, 1.54) is 12.3 Å². The second-order valence-electron chi connectivity index (χ2n) is 4.11. The van der Waals surface area contributed by atoms with Gasteiger partial charge in [-0.1, -0.05) is 6.07 Å². The summed E-state index contributed by atoms with van der Waals surface area (Å²) < 4.78 is 0. The highest BCUT2D eigenvalue weighted by atomic mass is 16.4. The highest BCUT2D eigenvalue weighted by molar-refractivity contribution is 5.98. The van der Waals surface area contributed by atoms with Gasteiger partial charge in [0.25, 0.3) is 0 Å². The van der Waals surface area contributed by atoms with Crippen LogP contribution in [0.2, 0.25) is 0 Å². The SMILES string of the molecule is N#CC(C#N)=C(C#N)Nc1cccc2ncc(C(=O)O)cc12. The highest BCUT2D eigenvalue weighted by Crippen LogP contribution is 2.24. The molecule has 0 aliphatic carbocycles. The van der Waals surface area contributed by atoms with E-state index in [1.807, 2.05) is 0 Å². The van der Waals surface area contributed by atoms with Gasteiger partial charge >= 0.3 is 5.97 Å². The van der Waals surface area contributed by atoms with Gasteiger partial charge < -0.3 is 10.4 Å². The molecule has 7 nitrogen and oxygen atoms in total. The zero-order valence-corrected chi connectivity index (χ0v) is 11.0. The zero-order chi connectivity index (χ0) is 16.1. The average Bonchev–Trinajstić information content (AvgIpc) is 2.54. The molecule has 0 saturated heterocycles. The molecule has 7 heteroatoms. The first kappa shape index (κ1) is 14.5. The first-order chi connectivity index (χ1) is 10.6. The maximum Gasteiger partial charge on any atom is 0.337 e. The molecule has 0 spiro atoms. The number of carboxylic acids is 1. The molecule has 22 heavy (non-hydrogen) atoms. The van der Waals surface area contributed by atoms with Crippen molar-refractivity contribution in [2.75, 3.05) is 5.32 Å². The summed E-state index contributed by atoms with van der Waals surface area (Å²) in [5, 5.41) is 38.9. The Hall–Kier alpha value is -3.89. The van der Waals surface area contributed by atoms with Crippen molar-refractivity contribution in [3.05, 3.63) is 47.3 Å². The van der Waals surface area contributed by atoms with E-state index in [4.69, 9.17) is 20.9 Å². The molecule has 0 bridgehead atoms. The third-order valence-corrected chi connectivity index (χ3v) is 2.82. The van der Waals surface area contributed by atoms with Crippen LogP contribution in [0.25, 0.3) is 10.9 Å². The number of carbonyl (C=O) groups is 1. The summed E-state index contributed by atoms with van der Waals surface area (Å²) in [5.74, 6) is -1.13. The molecular formula is C15H7N5O2. The number of rotatable bonds is 3. The van der Waals surface area contributed by atoms with Crippen molar-refractivity contribution in [3.63, 3.8) is 0 Å². The van der Waals surface area contributed by atoms with Gasteiger partial charge in [-0.15, -0.1) is 0 Å². The molecule has 0 fully saturated rings. The molecule has 2 rings (SSSR count). The Labute approximate surface area is 125 Å². The van der Waals surface area contributed by atoms with Crippen LogP contribution in [-0.4, -0.2) is 16.1 Å². The van der Waals surface area contributed by atoms with Crippen molar-refractivity contribution in [1.29, 1.82) is 15.8 Å². The number of hydrogen-bond donors (Lipinski definition) is 2. The molecular weight excluding hydrogens is 282 g/mol. The molecule has 0 atom stereocenters. The van der Waals surface area contributed by atoms with Crippen LogP contribution in [0, 0.1) is 34.0 Å². The van der Waals surface area contributed by atoms with E-state index < -0.39 is 5.97 Å². The fourth-order valence-corrected chi connectivity index (χ4v) is 1.79. The molecule has 0 aliphatic rings. The number of fused-ring (bicyclic) bond motifs is 1. The number of anilines is 1. The Morgan fingerprint density at radius 1 is 1.18 bits per heavy atom. The third kappa shape index (κ3) is 2.67. The van der Waals surface area contributed by atoms with E-state index in [-0.39, 0.29) is 16.8 Å². The number of pyridine rings is 1. The number of aromatic nitrogens is 1. The second-order valence-corrected chi connectivity index (χ2v) is 4.11. The summed E-state index contributed by atoms with van der Waals surface area (Å²) in [6, 6.07) is 11.3. The minimum atomic E-state index is -1.13. The van der Waals surface area contributed by atoms with Crippen molar-refractivity contribution in [2.45, 2.75) is 0 Å². The van der Waals surface area contributed by atoms with Crippen LogP contribution < -0.4 is 5.32 Å². The minimum absolute atomic E-state index is 0.00923. The second kappa shape index (κ2) is 6.04. The first-order valence-corrected chi connectivity index (χ1v) is 5.94. The lowest BCUT2D eigenvalue weighted by molar-refractivity contribution is 0.0696. The summed E-state index contributed by atoms with van der Waals surface area (Å²) >= 11 is 0. The normalized spacial score (nSPS) is 9.14. The summed E-state index contributed by atoms with van der Waals surface area (Å²) in [6.07, 6.45) is 1.23. The lowest BCUT2D eigenvalue weighted by Gasteiger charge is -2.08. The zero-order valence-electron chi connectivity index (χ0n) is 11.0. The minimum Gasteiger partial charge on any atom is -0.478 e. The van der Waals surface area contributed by atoms with Crippen molar-refractivity contribution >= 4 is 22.6 Å². The molecule has 2 aromatic rings. The molecule has 0 unspecified atom stereocenters. The van der Waals surface area contributed by atoms with Crippen LogP contribution in [0.4, 0.5) is 5.69 Å². The summed E-state index contributed by atoms with van der Waals surface area (Å²) in [7, 11) is 0. The van der Waals surface area contributed by atoms with Gasteiger partial charge in [0.2, 0.25) is 0 Å². The molecule has 0 saturated carbocycles. The van der Waals surface area contributed by atoms with Crippen molar-refractivity contribution in [1.82, 2.24) is 4.98 Å². The Bertz CT molecular complexity index is 910. The average molecular weight is 289 g/mol. The number of benzene rings is 1. The lowest BCUT2D eigenvalue weighted by Crippen LogP contribution is -2.03. The highest BCUT2D eigenvalue weighted by Gasteiger charge is 2.11. The van der Waals surface area contributed by atoms with Crippen LogP contribution in [-0.2, 0) is 0 Å². The molecule has 1 heterocycles. The van der Waals surface area contributed by atoms with Gasteiger partial charge in [-0.2, -0.15) is 15.8 Å². The van der Waals surface area contributed by atoms with Crippen molar-refractivity contribution < 1.29 is 9.90 Å². The van der Waals surface area contributed by atoms with Crippen LogP contribution in [0.3, 0.4) is 0 Å². The topological polar surface area (TPSA) is 134 Å². The van der Waals surface area contributed by atoms with Gasteiger partial charge in [0.15, 0.2) is 5.57 Å². The molecule has 1 aromatic heterocycles. The van der Waals surface area contributed by atoms with Crippen LogP contribution in [0.1, 0.15) is 10.4 Å². The summed E-state index contributed by atoms with van der Waals surface area (Å²) in [6.45, 7) is 0. The van der Waals surface area contributed by atoms with Crippen molar-refractivity contribution in [2.24, 2.45) is 0 Å². The lowest BCUT2D eigenvalue weighted by atomic mass is 10.1. The van der Waals surface area contributed by atoms with Crippen molar-refractivity contribution in [3.8, 4) is 18.2 Å². The van der Waals surface area contributed by atoms with Gasteiger partial charge in [-0.05, 0) is 18.2 Å².